The molecule has 1 aliphatic rings. The Morgan fingerprint density at radius 1 is 1.21 bits per heavy atom. The van der Waals surface area contributed by atoms with Crippen LogP contribution in [0.4, 0.5) is 13.2 Å². The number of aromatic nitrogens is 3. The van der Waals surface area contributed by atoms with Gasteiger partial charge in [0.1, 0.15) is 25.0 Å². The molecule has 10 heteroatoms. The van der Waals surface area contributed by atoms with E-state index < -0.39 is 23.2 Å². The summed E-state index contributed by atoms with van der Waals surface area (Å²) in [4.78, 5) is 3.87. The van der Waals surface area contributed by atoms with Gasteiger partial charge in [-0.2, -0.15) is 5.10 Å². The second-order valence-electron chi connectivity index (χ2n) is 6.52. The van der Waals surface area contributed by atoms with E-state index in [1.165, 1.54) is 23.4 Å². The van der Waals surface area contributed by atoms with Crippen molar-refractivity contribution in [1.82, 2.24) is 14.8 Å². The molecule has 0 aliphatic carbocycles. The first-order valence-electron chi connectivity index (χ1n) is 8.63. The van der Waals surface area contributed by atoms with Gasteiger partial charge in [-0.25, -0.2) is 22.8 Å². The molecular formula is C19H15ClF3N3O3. The first-order chi connectivity index (χ1) is 13.9. The molecule has 152 valence electrons. The molecule has 29 heavy (non-hydrogen) atoms. The SMILES string of the molecule is CC1COC(Cn2cncn2)(c2cc(F)c(Oc3ccc(F)cc3F)cc2Cl)O1. The molecular weight excluding hydrogens is 411 g/mol. The van der Waals surface area contributed by atoms with Crippen molar-refractivity contribution >= 4 is 11.6 Å². The Kier molecular flexibility index (Phi) is 5.20. The zero-order chi connectivity index (χ0) is 20.6. The van der Waals surface area contributed by atoms with Crippen molar-refractivity contribution < 1.29 is 27.4 Å². The molecule has 2 atom stereocenters. The molecule has 0 N–H and O–H groups in total. The Hall–Kier alpha value is -2.62. The van der Waals surface area contributed by atoms with Crippen LogP contribution in [0.1, 0.15) is 12.5 Å². The third-order valence-electron chi connectivity index (χ3n) is 4.33. The summed E-state index contributed by atoms with van der Waals surface area (Å²) < 4.78 is 60.2. The lowest BCUT2D eigenvalue weighted by Gasteiger charge is -2.29. The van der Waals surface area contributed by atoms with Gasteiger partial charge in [0.2, 0.25) is 5.79 Å². The van der Waals surface area contributed by atoms with Crippen molar-refractivity contribution in [2.24, 2.45) is 0 Å². The topological polar surface area (TPSA) is 58.4 Å². The van der Waals surface area contributed by atoms with Crippen LogP contribution in [0.25, 0.3) is 0 Å². The van der Waals surface area contributed by atoms with Gasteiger partial charge in [-0.15, -0.1) is 0 Å². The van der Waals surface area contributed by atoms with Gasteiger partial charge < -0.3 is 14.2 Å². The zero-order valence-corrected chi connectivity index (χ0v) is 15.9. The van der Waals surface area contributed by atoms with Crippen LogP contribution in [0.2, 0.25) is 5.02 Å². The van der Waals surface area contributed by atoms with Crippen LogP contribution in [0.5, 0.6) is 11.5 Å². The maximum Gasteiger partial charge on any atom is 0.217 e. The minimum atomic E-state index is -1.38. The van der Waals surface area contributed by atoms with E-state index in [9.17, 15) is 13.2 Å². The van der Waals surface area contributed by atoms with Gasteiger partial charge in [0, 0.05) is 17.7 Å². The molecule has 3 aromatic rings. The van der Waals surface area contributed by atoms with E-state index in [4.69, 9.17) is 25.8 Å². The molecule has 0 radical (unpaired) electrons. The van der Waals surface area contributed by atoms with E-state index in [2.05, 4.69) is 10.1 Å². The van der Waals surface area contributed by atoms with E-state index in [0.717, 1.165) is 18.2 Å². The van der Waals surface area contributed by atoms with Crippen molar-refractivity contribution in [3.63, 3.8) is 0 Å². The van der Waals surface area contributed by atoms with Crippen LogP contribution in [-0.2, 0) is 21.8 Å². The monoisotopic (exact) mass is 425 g/mol. The number of hydrogen-bond acceptors (Lipinski definition) is 5. The van der Waals surface area contributed by atoms with Gasteiger partial charge in [0.05, 0.1) is 17.7 Å². The quantitative estimate of drug-likeness (QED) is 0.605. The molecule has 0 saturated carbocycles. The number of rotatable bonds is 5. The smallest absolute Gasteiger partial charge is 0.217 e. The molecule has 1 aliphatic heterocycles. The highest BCUT2D eigenvalue weighted by molar-refractivity contribution is 6.31. The van der Waals surface area contributed by atoms with Crippen LogP contribution < -0.4 is 4.74 Å². The predicted molar refractivity (Wildman–Crippen MR) is 96.0 cm³/mol. The van der Waals surface area contributed by atoms with Crippen molar-refractivity contribution in [3.8, 4) is 11.5 Å². The average Bonchev–Trinajstić information content (AvgIpc) is 3.30. The minimum absolute atomic E-state index is 0.0816. The number of halogens is 4. The maximum absolute atomic E-state index is 14.8. The second-order valence-corrected chi connectivity index (χ2v) is 6.93. The normalized spacial score (nSPS) is 21.5. The summed E-state index contributed by atoms with van der Waals surface area (Å²) >= 11 is 6.38. The first kappa shape index (κ1) is 19.7. The summed E-state index contributed by atoms with van der Waals surface area (Å²) in [5.74, 6) is -4.62. The highest BCUT2D eigenvalue weighted by Gasteiger charge is 2.44. The Labute approximate surface area is 168 Å². The van der Waals surface area contributed by atoms with Gasteiger partial charge in [-0.05, 0) is 25.1 Å². The Bertz CT molecular complexity index is 1040. The summed E-state index contributed by atoms with van der Waals surface area (Å²) in [5, 5.41) is 4.11. The average molecular weight is 426 g/mol. The molecule has 0 bridgehead atoms. The van der Waals surface area contributed by atoms with E-state index in [1.54, 1.807) is 0 Å². The molecule has 1 fully saturated rings. The minimum Gasteiger partial charge on any atom is -0.451 e. The van der Waals surface area contributed by atoms with Crippen LogP contribution in [0, 0.1) is 17.5 Å². The van der Waals surface area contributed by atoms with Gasteiger partial charge in [0.25, 0.3) is 0 Å². The summed E-state index contributed by atoms with van der Waals surface area (Å²) in [6.45, 7) is 2.16. The fraction of sp³-hybridized carbons (Fsp3) is 0.263. The first-order valence-corrected chi connectivity index (χ1v) is 9.01. The number of hydrogen-bond donors (Lipinski definition) is 0. The lowest BCUT2D eigenvalue weighted by Crippen LogP contribution is -2.34. The van der Waals surface area contributed by atoms with Crippen molar-refractivity contribution in [2.75, 3.05) is 6.61 Å². The van der Waals surface area contributed by atoms with Gasteiger partial charge in [-0.3, -0.25) is 0 Å². The second kappa shape index (κ2) is 7.66. The fourth-order valence-electron chi connectivity index (χ4n) is 3.06. The predicted octanol–water partition coefficient (Wildman–Crippen LogP) is 4.43. The van der Waals surface area contributed by atoms with Gasteiger partial charge in [-0.1, -0.05) is 11.6 Å². The molecule has 2 heterocycles. The van der Waals surface area contributed by atoms with E-state index in [0.29, 0.717) is 6.07 Å². The lowest BCUT2D eigenvalue weighted by molar-refractivity contribution is -0.187. The van der Waals surface area contributed by atoms with Crippen LogP contribution in [0.3, 0.4) is 0 Å². The van der Waals surface area contributed by atoms with Crippen molar-refractivity contribution in [1.29, 1.82) is 0 Å². The summed E-state index contributed by atoms with van der Waals surface area (Å²) in [5.41, 5.74) is 0.225. The molecule has 4 rings (SSSR count). The number of ether oxygens (including phenoxy) is 3. The summed E-state index contributed by atoms with van der Waals surface area (Å²) in [7, 11) is 0. The van der Waals surface area contributed by atoms with E-state index >= 15 is 0 Å². The van der Waals surface area contributed by atoms with Gasteiger partial charge in [0.15, 0.2) is 23.1 Å². The molecule has 6 nitrogen and oxygen atoms in total. The zero-order valence-electron chi connectivity index (χ0n) is 15.1. The summed E-state index contributed by atoms with van der Waals surface area (Å²) in [6, 6.07) is 4.99. The fourth-order valence-corrected chi connectivity index (χ4v) is 3.35. The highest BCUT2D eigenvalue weighted by Crippen LogP contribution is 2.42. The lowest BCUT2D eigenvalue weighted by atomic mass is 10.0. The molecule has 2 unspecified atom stereocenters. The molecule has 0 spiro atoms. The standard InChI is InChI=1S/C19H15ClF3N3O3/c1-11-7-27-19(29-11,8-26-10-24-9-25-26)13-5-16(23)18(6-14(13)20)28-17-3-2-12(21)4-15(17)22/h2-6,9-11H,7-8H2,1H3. The van der Waals surface area contributed by atoms with Gasteiger partial charge >= 0.3 is 0 Å². The molecule has 0 amide bonds. The Balaban J connectivity index is 1.69. The Morgan fingerprint density at radius 3 is 2.66 bits per heavy atom. The number of nitrogens with zero attached hydrogens (tertiary/aromatic N) is 3. The maximum atomic E-state index is 14.8. The van der Waals surface area contributed by atoms with Crippen LogP contribution in [0.15, 0.2) is 43.0 Å². The van der Waals surface area contributed by atoms with E-state index in [1.807, 2.05) is 6.92 Å². The van der Waals surface area contributed by atoms with Crippen LogP contribution in [-0.4, -0.2) is 27.5 Å². The van der Waals surface area contributed by atoms with Crippen molar-refractivity contribution in [2.45, 2.75) is 25.4 Å². The van der Waals surface area contributed by atoms with Crippen molar-refractivity contribution in [3.05, 3.63) is 71.0 Å². The summed E-state index contributed by atoms with van der Waals surface area (Å²) in [6.07, 6.45) is 2.56. The molecule has 2 aromatic carbocycles. The van der Waals surface area contributed by atoms with E-state index in [-0.39, 0.29) is 41.3 Å². The Morgan fingerprint density at radius 2 is 2.00 bits per heavy atom. The third kappa shape index (κ3) is 3.93. The van der Waals surface area contributed by atoms with Crippen LogP contribution >= 0.6 is 11.6 Å². The number of benzene rings is 2. The molecule has 1 saturated heterocycles. The highest BCUT2D eigenvalue weighted by atomic mass is 35.5. The molecule has 1 aromatic heterocycles. The largest absolute Gasteiger partial charge is 0.451 e. The third-order valence-corrected chi connectivity index (χ3v) is 4.64.